The van der Waals surface area contributed by atoms with Crippen molar-refractivity contribution >= 4 is 38.3 Å². The molecule has 0 aliphatic rings. The van der Waals surface area contributed by atoms with Crippen molar-refractivity contribution in [1.29, 1.82) is 0 Å². The second-order valence-corrected chi connectivity index (χ2v) is 7.83. The van der Waals surface area contributed by atoms with E-state index in [9.17, 15) is 4.79 Å². The molecule has 3 rings (SSSR count). The van der Waals surface area contributed by atoms with Crippen LogP contribution >= 0.6 is 27.3 Å². The number of nitrogens with one attached hydrogen (secondary N) is 1. The lowest BCUT2D eigenvalue weighted by Crippen LogP contribution is -2.12. The number of thiazole rings is 1. The number of hydrogen-bond donors (Lipinski definition) is 1. The predicted octanol–water partition coefficient (Wildman–Crippen LogP) is 5.17. The minimum Gasteiger partial charge on any atom is -0.497 e. The minimum atomic E-state index is -0.0838. The molecule has 3 aromatic rings. The maximum atomic E-state index is 12.3. The number of hydrogen-bond acceptors (Lipinski definition) is 6. The third-order valence-electron chi connectivity index (χ3n) is 4.29. The molecule has 0 fully saturated rings. The number of nitrogens with zero attached hydrogens (tertiary/aromatic N) is 1. The number of carbonyl (C=O) groups is 1. The zero-order chi connectivity index (χ0) is 20.8. The van der Waals surface area contributed by atoms with E-state index in [1.165, 1.54) is 11.3 Å². The number of anilines is 1. The van der Waals surface area contributed by atoms with Crippen LogP contribution in [0.2, 0.25) is 0 Å². The van der Waals surface area contributed by atoms with Crippen LogP contribution in [-0.2, 0) is 11.2 Å². The molecule has 152 valence electrons. The number of carbonyl (C=O) groups excluding carboxylic acids is 1. The topological polar surface area (TPSA) is 69.7 Å². The van der Waals surface area contributed by atoms with Gasteiger partial charge >= 0.3 is 0 Å². The lowest BCUT2D eigenvalue weighted by atomic mass is 10.1. The number of aromatic nitrogens is 1. The summed E-state index contributed by atoms with van der Waals surface area (Å²) in [5.41, 5.74) is 2.63. The van der Waals surface area contributed by atoms with Crippen LogP contribution in [0.3, 0.4) is 0 Å². The lowest BCUT2D eigenvalue weighted by Gasteiger charge is -2.08. The molecule has 1 heterocycles. The monoisotopic (exact) mass is 476 g/mol. The first-order valence-corrected chi connectivity index (χ1v) is 10.5. The molecule has 29 heavy (non-hydrogen) atoms. The summed E-state index contributed by atoms with van der Waals surface area (Å²) in [6, 6.07) is 11.3. The van der Waals surface area contributed by atoms with Gasteiger partial charge in [-0.1, -0.05) is 6.07 Å². The third kappa shape index (κ3) is 5.27. The largest absolute Gasteiger partial charge is 0.497 e. The van der Waals surface area contributed by atoms with E-state index in [-0.39, 0.29) is 5.91 Å². The number of halogens is 1. The van der Waals surface area contributed by atoms with E-state index in [0.29, 0.717) is 29.5 Å². The highest BCUT2D eigenvalue weighted by Crippen LogP contribution is 2.35. The zero-order valence-electron chi connectivity index (χ0n) is 16.3. The van der Waals surface area contributed by atoms with Crippen LogP contribution in [0.5, 0.6) is 17.2 Å². The number of methoxy groups -OCH3 is 3. The molecular weight excluding hydrogens is 456 g/mol. The lowest BCUT2D eigenvalue weighted by molar-refractivity contribution is -0.116. The Morgan fingerprint density at radius 1 is 1.07 bits per heavy atom. The highest BCUT2D eigenvalue weighted by molar-refractivity contribution is 9.10. The molecule has 0 spiro atoms. The standard InChI is InChI=1S/C21H21BrN2O4S/c1-26-14-6-7-15(19(11-14)28-3)17-12-29-21(23-17)24-20(25)9-5-13-4-8-18(27-2)16(22)10-13/h4,6-8,10-12H,5,9H2,1-3H3,(H,23,24,25). The molecule has 0 bridgehead atoms. The van der Waals surface area contributed by atoms with Gasteiger partial charge in [0.25, 0.3) is 0 Å². The Hall–Kier alpha value is -2.58. The predicted molar refractivity (Wildman–Crippen MR) is 118 cm³/mol. The molecule has 2 aromatic carbocycles. The van der Waals surface area contributed by atoms with Crippen LogP contribution in [0.4, 0.5) is 5.13 Å². The van der Waals surface area contributed by atoms with Crippen molar-refractivity contribution in [3.05, 3.63) is 51.8 Å². The fourth-order valence-electron chi connectivity index (χ4n) is 2.77. The van der Waals surface area contributed by atoms with Gasteiger partial charge in [-0.05, 0) is 52.2 Å². The second kappa shape index (κ2) is 9.76. The van der Waals surface area contributed by atoms with Crippen molar-refractivity contribution in [2.24, 2.45) is 0 Å². The average Bonchev–Trinajstić information content (AvgIpc) is 3.19. The van der Waals surface area contributed by atoms with E-state index in [4.69, 9.17) is 14.2 Å². The van der Waals surface area contributed by atoms with Crippen molar-refractivity contribution in [1.82, 2.24) is 4.98 Å². The van der Waals surface area contributed by atoms with E-state index < -0.39 is 0 Å². The zero-order valence-corrected chi connectivity index (χ0v) is 18.7. The highest BCUT2D eigenvalue weighted by Gasteiger charge is 2.13. The van der Waals surface area contributed by atoms with Gasteiger partial charge < -0.3 is 19.5 Å². The summed E-state index contributed by atoms with van der Waals surface area (Å²) >= 11 is 4.84. The summed E-state index contributed by atoms with van der Waals surface area (Å²) < 4.78 is 16.8. The van der Waals surface area contributed by atoms with Crippen LogP contribution in [-0.4, -0.2) is 32.2 Å². The first-order valence-electron chi connectivity index (χ1n) is 8.84. The number of benzene rings is 2. The van der Waals surface area contributed by atoms with Crippen molar-refractivity contribution in [2.45, 2.75) is 12.8 Å². The van der Waals surface area contributed by atoms with Gasteiger partial charge in [0, 0.05) is 23.4 Å². The Bertz CT molecular complexity index is 1010. The molecule has 0 radical (unpaired) electrons. The molecule has 0 aliphatic carbocycles. The van der Waals surface area contributed by atoms with Crippen LogP contribution in [0, 0.1) is 0 Å². The van der Waals surface area contributed by atoms with Gasteiger partial charge in [-0.3, -0.25) is 4.79 Å². The molecule has 0 unspecified atom stereocenters. The fraction of sp³-hybridized carbons (Fsp3) is 0.238. The molecule has 6 nitrogen and oxygen atoms in total. The maximum Gasteiger partial charge on any atom is 0.226 e. The quantitative estimate of drug-likeness (QED) is 0.485. The maximum absolute atomic E-state index is 12.3. The van der Waals surface area contributed by atoms with Gasteiger partial charge in [0.15, 0.2) is 5.13 Å². The summed E-state index contributed by atoms with van der Waals surface area (Å²) in [6.07, 6.45) is 0.985. The summed E-state index contributed by atoms with van der Waals surface area (Å²) in [4.78, 5) is 16.8. The first-order chi connectivity index (χ1) is 14.0. The van der Waals surface area contributed by atoms with E-state index in [1.807, 2.05) is 35.7 Å². The van der Waals surface area contributed by atoms with Crippen LogP contribution in [0.15, 0.2) is 46.3 Å². The number of rotatable bonds is 8. The minimum absolute atomic E-state index is 0.0838. The molecule has 0 saturated carbocycles. The number of amides is 1. The summed E-state index contributed by atoms with van der Waals surface area (Å²) in [5, 5.41) is 5.31. The van der Waals surface area contributed by atoms with E-state index in [2.05, 4.69) is 26.2 Å². The average molecular weight is 477 g/mol. The van der Waals surface area contributed by atoms with E-state index in [1.54, 1.807) is 27.4 Å². The Morgan fingerprint density at radius 3 is 2.55 bits per heavy atom. The van der Waals surface area contributed by atoms with Crippen LogP contribution in [0.1, 0.15) is 12.0 Å². The molecule has 1 N–H and O–H groups in total. The van der Waals surface area contributed by atoms with Crippen LogP contribution < -0.4 is 19.5 Å². The summed E-state index contributed by atoms with van der Waals surface area (Å²) in [7, 11) is 4.83. The van der Waals surface area contributed by atoms with Gasteiger partial charge in [-0.2, -0.15) is 0 Å². The Labute approximate surface area is 182 Å². The normalized spacial score (nSPS) is 10.5. The Balaban J connectivity index is 1.63. The molecule has 0 atom stereocenters. The van der Waals surface area contributed by atoms with Crippen molar-refractivity contribution in [3.8, 4) is 28.5 Å². The van der Waals surface area contributed by atoms with E-state index in [0.717, 1.165) is 27.0 Å². The third-order valence-corrected chi connectivity index (χ3v) is 5.67. The molecule has 1 amide bonds. The number of aryl methyl sites for hydroxylation is 1. The SMILES string of the molecule is COc1ccc(-c2csc(NC(=O)CCc3ccc(OC)c(Br)c3)n2)c(OC)c1. The molecule has 0 saturated heterocycles. The molecule has 1 aromatic heterocycles. The summed E-state index contributed by atoms with van der Waals surface area (Å²) in [6.45, 7) is 0. The summed E-state index contributed by atoms with van der Waals surface area (Å²) in [5.74, 6) is 2.05. The Morgan fingerprint density at radius 2 is 1.86 bits per heavy atom. The van der Waals surface area contributed by atoms with Crippen molar-refractivity contribution in [3.63, 3.8) is 0 Å². The fourth-order valence-corrected chi connectivity index (χ4v) is 4.08. The van der Waals surface area contributed by atoms with Gasteiger partial charge in [0.1, 0.15) is 17.2 Å². The van der Waals surface area contributed by atoms with Gasteiger partial charge in [0.2, 0.25) is 5.91 Å². The molecule has 8 heteroatoms. The second-order valence-electron chi connectivity index (χ2n) is 6.12. The van der Waals surface area contributed by atoms with Crippen molar-refractivity contribution < 1.29 is 19.0 Å². The Kier molecular flexibility index (Phi) is 7.11. The van der Waals surface area contributed by atoms with Gasteiger partial charge in [-0.15, -0.1) is 11.3 Å². The first kappa shape index (κ1) is 21.1. The van der Waals surface area contributed by atoms with E-state index >= 15 is 0 Å². The van der Waals surface area contributed by atoms with Crippen LogP contribution in [0.25, 0.3) is 11.3 Å². The van der Waals surface area contributed by atoms with Crippen molar-refractivity contribution in [2.75, 3.05) is 26.6 Å². The van der Waals surface area contributed by atoms with Gasteiger partial charge in [0.05, 0.1) is 31.5 Å². The molecule has 0 aliphatic heterocycles. The number of ether oxygens (including phenoxy) is 3. The smallest absolute Gasteiger partial charge is 0.226 e. The van der Waals surface area contributed by atoms with Gasteiger partial charge in [-0.25, -0.2) is 4.98 Å². The highest BCUT2D eigenvalue weighted by atomic mass is 79.9. The molecular formula is C21H21BrN2O4S.